The Morgan fingerprint density at radius 3 is 2.68 bits per heavy atom. The zero-order valence-electron chi connectivity index (χ0n) is 20.9. The van der Waals surface area contributed by atoms with Crippen molar-refractivity contribution in [3.8, 4) is 6.19 Å². The molecule has 2 heterocycles. The van der Waals surface area contributed by atoms with Crippen LogP contribution >= 0.6 is 11.3 Å². The molecule has 0 saturated heterocycles. The fraction of sp³-hybridized carbons (Fsp3) is 0.241. The molecule has 0 atom stereocenters. The summed E-state index contributed by atoms with van der Waals surface area (Å²) in [5.74, 6) is 0.238. The van der Waals surface area contributed by atoms with E-state index in [4.69, 9.17) is 5.26 Å². The van der Waals surface area contributed by atoms with Crippen LogP contribution in [0.1, 0.15) is 47.3 Å². The number of anilines is 3. The van der Waals surface area contributed by atoms with Gasteiger partial charge in [-0.15, -0.1) is 16.3 Å². The molecule has 1 amide bonds. The normalized spacial score (nSPS) is 14.0. The molecule has 4 aromatic rings. The number of rotatable bonds is 7. The molecule has 1 fully saturated rings. The van der Waals surface area contributed by atoms with Gasteiger partial charge in [0.2, 0.25) is 12.2 Å². The predicted octanol–water partition coefficient (Wildman–Crippen LogP) is 6.33. The second-order valence-electron chi connectivity index (χ2n) is 9.20. The van der Waals surface area contributed by atoms with Crippen LogP contribution in [0, 0.1) is 11.5 Å². The van der Waals surface area contributed by atoms with Crippen LogP contribution in [0.3, 0.4) is 0 Å². The Morgan fingerprint density at radius 2 is 1.84 bits per heavy atom. The molecule has 4 N–H and O–H groups in total. The van der Waals surface area contributed by atoms with Gasteiger partial charge in [0, 0.05) is 35.5 Å². The van der Waals surface area contributed by atoms with Crippen molar-refractivity contribution in [3.05, 3.63) is 82.7 Å². The van der Waals surface area contributed by atoms with E-state index in [9.17, 15) is 4.79 Å². The lowest BCUT2D eigenvalue weighted by Crippen LogP contribution is -2.40. The van der Waals surface area contributed by atoms with Gasteiger partial charge < -0.3 is 21.3 Å². The summed E-state index contributed by atoms with van der Waals surface area (Å²) >= 11 is 1.39. The monoisotopic (exact) mass is 523 g/mol. The lowest BCUT2D eigenvalue weighted by Gasteiger charge is -2.24. The summed E-state index contributed by atoms with van der Waals surface area (Å²) in [4.78, 5) is 22.1. The van der Waals surface area contributed by atoms with E-state index >= 15 is 0 Å². The summed E-state index contributed by atoms with van der Waals surface area (Å²) < 4.78 is 0. The van der Waals surface area contributed by atoms with E-state index in [-0.39, 0.29) is 5.91 Å². The summed E-state index contributed by atoms with van der Waals surface area (Å²) in [6.07, 6.45) is 9.41. The van der Waals surface area contributed by atoms with E-state index in [0.29, 0.717) is 29.1 Å². The number of pyridine rings is 1. The van der Waals surface area contributed by atoms with Crippen molar-refractivity contribution in [2.24, 2.45) is 4.99 Å². The molecule has 9 heteroatoms. The molecule has 38 heavy (non-hydrogen) atoms. The Bertz CT molecular complexity index is 1480. The van der Waals surface area contributed by atoms with Crippen LogP contribution in [-0.4, -0.2) is 22.9 Å². The second kappa shape index (κ2) is 12.2. The van der Waals surface area contributed by atoms with Gasteiger partial charge in [0.05, 0.1) is 11.2 Å². The molecule has 5 rings (SSSR count). The highest BCUT2D eigenvalue weighted by atomic mass is 32.1. The number of hydrogen-bond donors (Lipinski definition) is 4. The molecule has 2 aromatic heterocycles. The molecule has 192 valence electrons. The van der Waals surface area contributed by atoms with E-state index in [2.05, 4.69) is 37.3 Å². The maximum absolute atomic E-state index is 13.2. The number of thiophene rings is 1. The highest BCUT2D eigenvalue weighted by molar-refractivity contribution is 7.12. The fourth-order valence-electron chi connectivity index (χ4n) is 4.71. The van der Waals surface area contributed by atoms with Gasteiger partial charge in [-0.05, 0) is 60.2 Å². The van der Waals surface area contributed by atoms with Crippen LogP contribution < -0.4 is 21.3 Å². The van der Waals surface area contributed by atoms with Crippen LogP contribution in [0.25, 0.3) is 10.9 Å². The summed E-state index contributed by atoms with van der Waals surface area (Å²) in [6, 6.07) is 19.6. The van der Waals surface area contributed by atoms with Crippen molar-refractivity contribution in [1.82, 2.24) is 10.3 Å². The zero-order valence-corrected chi connectivity index (χ0v) is 21.7. The van der Waals surface area contributed by atoms with Crippen LogP contribution in [0.15, 0.2) is 77.2 Å². The Morgan fingerprint density at radius 1 is 1.03 bits per heavy atom. The van der Waals surface area contributed by atoms with Gasteiger partial charge in [-0.25, -0.2) is 0 Å². The number of fused-ring (bicyclic) bond motifs is 1. The molecular weight excluding hydrogens is 494 g/mol. The molecule has 8 nitrogen and oxygen atoms in total. The number of carbonyl (C=O) groups is 1. The topological polar surface area (TPSA) is 114 Å². The van der Waals surface area contributed by atoms with E-state index in [0.717, 1.165) is 40.7 Å². The number of nitrogens with one attached hydrogen (secondary N) is 4. The van der Waals surface area contributed by atoms with Crippen molar-refractivity contribution >= 4 is 51.2 Å². The first-order valence-corrected chi connectivity index (χ1v) is 13.6. The standard InChI is InChI=1S/C29H29N7OS/c30-19-33-29(35-21-7-2-1-3-8-21)36-23-10-6-9-22(17-23)34-28(37)27-26(14-16-38-27)32-18-20-13-15-31-25-12-5-4-11-24(20)25/h4-6,9-17,21,32H,1-3,7-8,18H2,(H,34,37)(H2,33,35,36). The van der Waals surface area contributed by atoms with Crippen molar-refractivity contribution in [2.75, 3.05) is 16.0 Å². The molecule has 0 spiro atoms. The van der Waals surface area contributed by atoms with Crippen LogP contribution in [-0.2, 0) is 6.54 Å². The number of amides is 1. The SMILES string of the molecule is N#C/N=C(/Nc1cccc(NC(=O)c2sccc2NCc2ccnc3ccccc23)c1)NC1CCCCC1. The number of guanidine groups is 1. The molecule has 0 radical (unpaired) electrons. The lowest BCUT2D eigenvalue weighted by molar-refractivity contribution is 0.103. The van der Waals surface area contributed by atoms with Crippen LogP contribution in [0.4, 0.5) is 17.1 Å². The summed E-state index contributed by atoms with van der Waals surface area (Å²) in [7, 11) is 0. The number of para-hydroxylation sites is 1. The minimum absolute atomic E-state index is 0.189. The van der Waals surface area contributed by atoms with Gasteiger partial charge >= 0.3 is 0 Å². The third kappa shape index (κ3) is 6.28. The average molecular weight is 524 g/mol. The van der Waals surface area contributed by atoms with Gasteiger partial charge in [0.15, 0.2) is 0 Å². The largest absolute Gasteiger partial charge is 0.380 e. The van der Waals surface area contributed by atoms with Crippen molar-refractivity contribution < 1.29 is 4.79 Å². The van der Waals surface area contributed by atoms with Gasteiger partial charge in [-0.1, -0.05) is 43.5 Å². The Hall–Kier alpha value is -4.42. The third-order valence-corrected chi connectivity index (χ3v) is 7.48. The Balaban J connectivity index is 1.23. The molecule has 0 bridgehead atoms. The van der Waals surface area contributed by atoms with Gasteiger partial charge in [-0.2, -0.15) is 5.26 Å². The fourth-order valence-corrected chi connectivity index (χ4v) is 5.48. The number of benzene rings is 2. The number of hydrogen-bond acceptors (Lipinski definition) is 6. The van der Waals surface area contributed by atoms with Gasteiger partial charge in [0.25, 0.3) is 5.91 Å². The average Bonchev–Trinajstić information content (AvgIpc) is 3.42. The minimum Gasteiger partial charge on any atom is -0.380 e. The maximum atomic E-state index is 13.2. The molecule has 2 aromatic carbocycles. The number of aromatic nitrogens is 1. The Labute approximate surface area is 225 Å². The molecule has 0 aliphatic heterocycles. The van der Waals surface area contributed by atoms with Crippen LogP contribution in [0.2, 0.25) is 0 Å². The zero-order chi connectivity index (χ0) is 26.2. The number of nitriles is 1. The van der Waals surface area contributed by atoms with E-state index in [1.165, 1.54) is 30.6 Å². The van der Waals surface area contributed by atoms with E-state index in [1.54, 1.807) is 6.20 Å². The van der Waals surface area contributed by atoms with Crippen molar-refractivity contribution in [3.63, 3.8) is 0 Å². The quantitative estimate of drug-likeness (QED) is 0.128. The number of aliphatic imine (C=N–C) groups is 1. The van der Waals surface area contributed by atoms with Gasteiger partial charge in [0.1, 0.15) is 4.88 Å². The molecule has 0 unspecified atom stereocenters. The maximum Gasteiger partial charge on any atom is 0.267 e. The van der Waals surface area contributed by atoms with Crippen molar-refractivity contribution in [1.29, 1.82) is 5.26 Å². The molecule has 1 aliphatic rings. The molecule has 1 aliphatic carbocycles. The summed E-state index contributed by atoms with van der Waals surface area (Å²) in [5, 5.41) is 25.1. The highest BCUT2D eigenvalue weighted by Crippen LogP contribution is 2.26. The van der Waals surface area contributed by atoms with E-state index in [1.807, 2.05) is 66.2 Å². The Kier molecular flexibility index (Phi) is 8.11. The minimum atomic E-state index is -0.189. The highest BCUT2D eigenvalue weighted by Gasteiger charge is 2.16. The van der Waals surface area contributed by atoms with Crippen LogP contribution in [0.5, 0.6) is 0 Å². The van der Waals surface area contributed by atoms with Gasteiger partial charge in [-0.3, -0.25) is 9.78 Å². The number of carbonyl (C=O) groups excluding carboxylic acids is 1. The molecule has 1 saturated carbocycles. The molecular formula is C29H29N7OS. The van der Waals surface area contributed by atoms with E-state index < -0.39 is 0 Å². The van der Waals surface area contributed by atoms with Crippen molar-refractivity contribution in [2.45, 2.75) is 44.7 Å². The smallest absolute Gasteiger partial charge is 0.267 e. The third-order valence-electron chi connectivity index (χ3n) is 6.57. The first-order valence-electron chi connectivity index (χ1n) is 12.8. The first-order chi connectivity index (χ1) is 18.7. The lowest BCUT2D eigenvalue weighted by atomic mass is 9.96. The first kappa shape index (κ1) is 25.2. The second-order valence-corrected chi connectivity index (χ2v) is 10.1. The summed E-state index contributed by atoms with van der Waals surface area (Å²) in [6.45, 7) is 0.578. The number of nitrogens with zero attached hydrogens (tertiary/aromatic N) is 3. The summed E-state index contributed by atoms with van der Waals surface area (Å²) in [5.41, 5.74) is 4.22. The predicted molar refractivity (Wildman–Crippen MR) is 154 cm³/mol.